The Hall–Kier alpha value is -4.12. The molecule has 8 rings (SSSR count). The molecular weight excluding hydrogens is 692 g/mol. The minimum atomic E-state index is 0.311. The predicted octanol–water partition coefficient (Wildman–Crippen LogP) is 12.3. The van der Waals surface area contributed by atoms with Crippen molar-refractivity contribution in [1.29, 1.82) is 0 Å². The molecule has 2 N–H and O–H groups in total. The molecule has 0 fully saturated rings. The molecule has 228 valence electrons. The number of halogens is 2. The monoisotopic (exact) mass is 726 g/mol. The van der Waals surface area contributed by atoms with Crippen LogP contribution in [0.2, 0.25) is 0 Å². The van der Waals surface area contributed by atoms with E-state index in [0.29, 0.717) is 23.9 Å². The molecule has 0 unspecified atom stereocenters. The summed E-state index contributed by atoms with van der Waals surface area (Å²) < 4.78 is 2.34. The molecule has 2 aliphatic rings. The topological polar surface area (TPSA) is 24.1 Å². The van der Waals surface area contributed by atoms with Gasteiger partial charge in [0.1, 0.15) is 0 Å². The van der Waals surface area contributed by atoms with Gasteiger partial charge in [0.05, 0.1) is 12.1 Å². The molecule has 0 spiro atoms. The van der Waals surface area contributed by atoms with Gasteiger partial charge in [0.25, 0.3) is 0 Å². The molecule has 2 aliphatic heterocycles. The van der Waals surface area contributed by atoms with Crippen LogP contribution in [-0.2, 0) is 0 Å². The quantitative estimate of drug-likeness (QED) is 0.189. The van der Waals surface area contributed by atoms with E-state index in [-0.39, 0.29) is 0 Å². The van der Waals surface area contributed by atoms with Gasteiger partial charge in [-0.3, -0.25) is 0 Å². The van der Waals surface area contributed by atoms with E-state index >= 15 is 0 Å². The number of nitrogens with one attached hydrogen (secondary N) is 2. The van der Waals surface area contributed by atoms with Gasteiger partial charge in [-0.05, 0) is 70.5 Å². The number of rotatable bonds is 4. The van der Waals surface area contributed by atoms with E-state index in [1.165, 1.54) is 53.7 Å². The van der Waals surface area contributed by atoms with Crippen LogP contribution in [0.25, 0.3) is 0 Å². The van der Waals surface area contributed by atoms with Crippen LogP contribution in [0.5, 0.6) is 0 Å². The molecular formula is C42H36Br2N2. The molecule has 46 heavy (non-hydrogen) atoms. The van der Waals surface area contributed by atoms with Crippen molar-refractivity contribution in [1.82, 2.24) is 0 Å². The third kappa shape index (κ3) is 6.56. The van der Waals surface area contributed by atoms with E-state index in [2.05, 4.69) is 200 Å². The third-order valence-corrected chi connectivity index (χ3v) is 10.7. The number of fused-ring (bicyclic) bond motifs is 2. The zero-order valence-corrected chi connectivity index (χ0v) is 28.7. The first-order valence-corrected chi connectivity index (χ1v) is 17.5. The van der Waals surface area contributed by atoms with Crippen molar-refractivity contribution in [3.63, 3.8) is 0 Å². The molecule has 0 aliphatic carbocycles. The first-order chi connectivity index (χ1) is 22.7. The Kier molecular flexibility index (Phi) is 9.36. The molecule has 4 atom stereocenters. The van der Waals surface area contributed by atoms with Crippen molar-refractivity contribution in [3.05, 3.63) is 200 Å². The smallest absolute Gasteiger partial charge is 0.0534 e. The van der Waals surface area contributed by atoms with Gasteiger partial charge in [-0.15, -0.1) is 0 Å². The van der Waals surface area contributed by atoms with Gasteiger partial charge in [0.15, 0.2) is 0 Å². The van der Waals surface area contributed by atoms with Crippen molar-refractivity contribution in [2.75, 3.05) is 10.6 Å². The number of para-hydroxylation sites is 2. The Morgan fingerprint density at radius 3 is 1.09 bits per heavy atom. The van der Waals surface area contributed by atoms with Gasteiger partial charge in [-0.1, -0.05) is 165 Å². The Morgan fingerprint density at radius 2 is 0.696 bits per heavy atom. The molecule has 0 amide bonds. The first kappa shape index (κ1) is 30.5. The standard InChI is InChI=1S/2C21H18BrN/c2*22-19-12-6-4-11-17(19)21-14-18(15-8-2-1-3-9-15)16-10-5-7-13-20(16)23-21/h2*1-13,18,21,23H,14H2/t2*18-,21+/m11/s1. The normalized spacial score (nSPS) is 19.7. The molecule has 6 aromatic rings. The Labute approximate surface area is 289 Å². The summed E-state index contributed by atoms with van der Waals surface area (Å²) in [7, 11) is 0. The lowest BCUT2D eigenvalue weighted by molar-refractivity contribution is 0.602. The molecule has 4 heteroatoms. The average Bonchev–Trinajstić information content (AvgIpc) is 3.12. The van der Waals surface area contributed by atoms with Crippen molar-refractivity contribution < 1.29 is 0 Å². The SMILES string of the molecule is Brc1ccccc1[C@@H]1C[C@H](c2ccccc2)c2ccccc2N1.Brc1ccccc1[C@@H]1C[C@H](c2ccccc2)c2ccccc2N1. The van der Waals surface area contributed by atoms with Crippen LogP contribution < -0.4 is 10.6 Å². The van der Waals surface area contributed by atoms with Gasteiger partial charge >= 0.3 is 0 Å². The number of hydrogen-bond acceptors (Lipinski definition) is 2. The molecule has 2 nitrogen and oxygen atoms in total. The lowest BCUT2D eigenvalue weighted by Crippen LogP contribution is -2.22. The highest BCUT2D eigenvalue weighted by molar-refractivity contribution is 9.10. The van der Waals surface area contributed by atoms with Crippen LogP contribution in [0.3, 0.4) is 0 Å². The van der Waals surface area contributed by atoms with Crippen molar-refractivity contribution in [3.8, 4) is 0 Å². The van der Waals surface area contributed by atoms with E-state index in [9.17, 15) is 0 Å². The summed E-state index contributed by atoms with van der Waals surface area (Å²) in [4.78, 5) is 0. The zero-order valence-electron chi connectivity index (χ0n) is 25.5. The second-order valence-electron chi connectivity index (χ2n) is 12.0. The number of benzene rings is 6. The van der Waals surface area contributed by atoms with Gasteiger partial charge in [-0.25, -0.2) is 0 Å². The van der Waals surface area contributed by atoms with Gasteiger partial charge in [0, 0.05) is 32.2 Å². The first-order valence-electron chi connectivity index (χ1n) is 16.0. The minimum Gasteiger partial charge on any atom is -0.378 e. The largest absolute Gasteiger partial charge is 0.378 e. The molecule has 0 saturated carbocycles. The lowest BCUT2D eigenvalue weighted by atomic mass is 9.80. The highest BCUT2D eigenvalue weighted by Crippen LogP contribution is 2.46. The van der Waals surface area contributed by atoms with E-state index < -0.39 is 0 Å². The van der Waals surface area contributed by atoms with E-state index in [4.69, 9.17) is 0 Å². The van der Waals surface area contributed by atoms with E-state index in [0.717, 1.165) is 12.8 Å². The highest BCUT2D eigenvalue weighted by atomic mass is 79.9. The van der Waals surface area contributed by atoms with E-state index in [1.54, 1.807) is 0 Å². The second-order valence-corrected chi connectivity index (χ2v) is 13.7. The van der Waals surface area contributed by atoms with Crippen molar-refractivity contribution in [2.24, 2.45) is 0 Å². The summed E-state index contributed by atoms with van der Waals surface area (Å²) in [6.07, 6.45) is 2.12. The zero-order chi connectivity index (χ0) is 31.3. The van der Waals surface area contributed by atoms with Crippen molar-refractivity contribution >= 4 is 43.2 Å². The summed E-state index contributed by atoms with van der Waals surface area (Å²) in [5.74, 6) is 0.844. The predicted molar refractivity (Wildman–Crippen MR) is 200 cm³/mol. The van der Waals surface area contributed by atoms with Gasteiger partial charge in [-0.2, -0.15) is 0 Å². The molecule has 0 bridgehead atoms. The summed E-state index contributed by atoms with van der Waals surface area (Å²) in [5, 5.41) is 7.45. The molecule has 0 saturated heterocycles. The Morgan fingerprint density at radius 1 is 0.370 bits per heavy atom. The molecule has 6 aromatic carbocycles. The molecule has 0 radical (unpaired) electrons. The average molecular weight is 729 g/mol. The third-order valence-electron chi connectivity index (χ3n) is 9.24. The lowest BCUT2D eigenvalue weighted by Gasteiger charge is -2.34. The van der Waals surface area contributed by atoms with Crippen LogP contribution in [-0.4, -0.2) is 0 Å². The van der Waals surface area contributed by atoms with E-state index in [1.807, 2.05) is 0 Å². The van der Waals surface area contributed by atoms with Crippen LogP contribution in [0, 0.1) is 0 Å². The fourth-order valence-electron chi connectivity index (χ4n) is 7.01. The van der Waals surface area contributed by atoms with Crippen LogP contribution >= 0.6 is 31.9 Å². The Balaban J connectivity index is 0.000000147. The fraction of sp³-hybridized carbons (Fsp3) is 0.143. The summed E-state index contributed by atoms with van der Waals surface area (Å²) >= 11 is 7.42. The number of anilines is 2. The summed E-state index contributed by atoms with van der Waals surface area (Å²) in [6, 6.07) is 56.6. The summed E-state index contributed by atoms with van der Waals surface area (Å²) in [6.45, 7) is 0. The maximum atomic E-state index is 3.72. The molecule has 0 aromatic heterocycles. The van der Waals surface area contributed by atoms with Crippen LogP contribution in [0.1, 0.15) is 70.1 Å². The fourth-order valence-corrected chi connectivity index (χ4v) is 8.13. The second kappa shape index (κ2) is 14.1. The van der Waals surface area contributed by atoms with Crippen LogP contribution in [0.4, 0.5) is 11.4 Å². The maximum absolute atomic E-state index is 3.72. The Bertz CT molecular complexity index is 1770. The molecule has 2 heterocycles. The van der Waals surface area contributed by atoms with Gasteiger partial charge in [0.2, 0.25) is 0 Å². The van der Waals surface area contributed by atoms with Gasteiger partial charge < -0.3 is 10.6 Å². The van der Waals surface area contributed by atoms with Crippen molar-refractivity contribution in [2.45, 2.75) is 36.8 Å². The minimum absolute atomic E-state index is 0.311. The summed E-state index contributed by atoms with van der Waals surface area (Å²) in [5.41, 5.74) is 10.7. The van der Waals surface area contributed by atoms with Crippen LogP contribution in [0.15, 0.2) is 167 Å². The maximum Gasteiger partial charge on any atom is 0.0534 e. The number of hydrogen-bond donors (Lipinski definition) is 2. The highest BCUT2D eigenvalue weighted by Gasteiger charge is 2.30.